The van der Waals surface area contributed by atoms with E-state index in [4.69, 9.17) is 4.79 Å². The molecule has 0 radical (unpaired) electrons. The Morgan fingerprint density at radius 1 is 1.26 bits per heavy atom. The van der Waals surface area contributed by atoms with Crippen molar-refractivity contribution in [3.63, 3.8) is 0 Å². The maximum atomic E-state index is 11.4. The van der Waals surface area contributed by atoms with E-state index in [0.717, 1.165) is 31.6 Å². The highest BCUT2D eigenvalue weighted by Crippen LogP contribution is 2.17. The first-order valence-corrected chi connectivity index (χ1v) is 8.10. The van der Waals surface area contributed by atoms with Crippen molar-refractivity contribution in [2.45, 2.75) is 80.7 Å². The predicted molar refractivity (Wildman–Crippen MR) is 97.4 cm³/mol. The Morgan fingerprint density at radius 2 is 1.70 bits per heavy atom. The van der Waals surface area contributed by atoms with Crippen LogP contribution in [0.3, 0.4) is 0 Å². The van der Waals surface area contributed by atoms with Crippen LogP contribution >= 0.6 is 0 Å². The number of nitrogens with zero attached hydrogens (tertiary/aromatic N) is 1. The zero-order chi connectivity index (χ0) is 18.0. The van der Waals surface area contributed by atoms with E-state index in [2.05, 4.69) is 32.4 Å². The number of amides is 1. The van der Waals surface area contributed by atoms with Gasteiger partial charge in [0.2, 0.25) is 5.91 Å². The molecule has 1 saturated heterocycles. The first-order chi connectivity index (χ1) is 10.4. The second kappa shape index (κ2) is 22.9. The molecule has 1 aliphatic heterocycles. The summed E-state index contributed by atoms with van der Waals surface area (Å²) in [6, 6.07) is 0.379. The first-order valence-electron chi connectivity index (χ1n) is 8.10. The molecule has 1 atom stereocenters. The van der Waals surface area contributed by atoms with Crippen LogP contribution in [0.5, 0.6) is 0 Å². The number of aldehydes is 1. The Morgan fingerprint density at radius 3 is 1.96 bits per heavy atom. The van der Waals surface area contributed by atoms with E-state index in [1.54, 1.807) is 0 Å². The van der Waals surface area contributed by atoms with Crippen LogP contribution in [0.1, 0.15) is 74.7 Å². The molecule has 23 heavy (non-hydrogen) atoms. The first kappa shape index (κ1) is 29.6. The minimum Gasteiger partial charge on any atom is -0.471 e. The van der Waals surface area contributed by atoms with E-state index >= 15 is 0 Å². The molecule has 1 heterocycles. The lowest BCUT2D eigenvalue weighted by atomic mass is 10.2. The Labute approximate surface area is 143 Å². The van der Waals surface area contributed by atoms with Gasteiger partial charge in [-0.25, -0.2) is 0 Å². The van der Waals surface area contributed by atoms with Gasteiger partial charge in [-0.1, -0.05) is 42.0 Å². The predicted octanol–water partition coefficient (Wildman–Crippen LogP) is 4.09. The van der Waals surface area contributed by atoms with Crippen molar-refractivity contribution in [3.8, 4) is 0 Å². The van der Waals surface area contributed by atoms with Crippen molar-refractivity contribution in [1.82, 2.24) is 4.90 Å². The third kappa shape index (κ3) is 23.0. The summed E-state index contributed by atoms with van der Waals surface area (Å²) in [4.78, 5) is 32.2. The highest BCUT2D eigenvalue weighted by atomic mass is 16.5. The molecule has 0 aromatic heterocycles. The number of ether oxygens (including phenoxy) is 1. The molecule has 0 N–H and O–H groups in total. The molecule has 5 nitrogen and oxygen atoms in total. The molecule has 0 aliphatic carbocycles. The fourth-order valence-corrected chi connectivity index (χ4v) is 1.63. The molecule has 0 aromatic rings. The SMILES string of the molecule is C.CC.CC(C)C.COC=O.C[C@@H]1CCCN1C(=O)CCC=O. The van der Waals surface area contributed by atoms with Gasteiger partial charge in [0.1, 0.15) is 6.29 Å². The van der Waals surface area contributed by atoms with Crippen LogP contribution < -0.4 is 0 Å². The normalized spacial score (nSPS) is 14.6. The largest absolute Gasteiger partial charge is 0.471 e. The highest BCUT2D eigenvalue weighted by molar-refractivity contribution is 5.78. The summed E-state index contributed by atoms with van der Waals surface area (Å²) in [5, 5.41) is 0. The standard InChI is InChI=1S/C9H15NO2.C4H10.C2H4O2.C2H6.CH4/c1-8-4-2-6-10(8)9(12)5-3-7-11;1-4(2)3;1-4-2-3;1-2;/h7-8H,2-6H2,1H3;4H,1-3H3;2H,1H3;1-2H3;1H4/t8-;;;;/m1..../s1. The lowest BCUT2D eigenvalue weighted by Crippen LogP contribution is -2.33. The van der Waals surface area contributed by atoms with Crippen LogP contribution in [0.4, 0.5) is 0 Å². The molecular formula is C18H39NO4. The monoisotopic (exact) mass is 333 g/mol. The summed E-state index contributed by atoms with van der Waals surface area (Å²) in [7, 11) is 1.31. The second-order valence-electron chi connectivity index (χ2n) is 5.35. The fourth-order valence-electron chi connectivity index (χ4n) is 1.63. The highest BCUT2D eigenvalue weighted by Gasteiger charge is 2.23. The average Bonchev–Trinajstić information content (AvgIpc) is 2.93. The molecule has 0 aromatic carbocycles. The van der Waals surface area contributed by atoms with Gasteiger partial charge in [0.05, 0.1) is 7.11 Å². The molecule has 0 unspecified atom stereocenters. The molecule has 1 aliphatic rings. The molecule has 0 saturated carbocycles. The third-order valence-electron chi connectivity index (χ3n) is 2.45. The Bertz CT molecular complexity index is 265. The zero-order valence-electron chi connectivity index (χ0n) is 15.4. The summed E-state index contributed by atoms with van der Waals surface area (Å²) in [6.07, 6.45) is 3.76. The van der Waals surface area contributed by atoms with Crippen LogP contribution in [0.25, 0.3) is 0 Å². The van der Waals surface area contributed by atoms with Gasteiger partial charge in [-0.05, 0) is 25.7 Å². The van der Waals surface area contributed by atoms with Crippen LogP contribution in [0.2, 0.25) is 0 Å². The van der Waals surface area contributed by atoms with Gasteiger partial charge in [-0.3, -0.25) is 9.59 Å². The molecule has 1 amide bonds. The molecule has 0 bridgehead atoms. The van der Waals surface area contributed by atoms with Gasteiger partial charge in [0.25, 0.3) is 6.47 Å². The molecule has 140 valence electrons. The topological polar surface area (TPSA) is 63.7 Å². The average molecular weight is 334 g/mol. The number of carbonyl (C=O) groups is 3. The maximum Gasteiger partial charge on any atom is 0.292 e. The summed E-state index contributed by atoms with van der Waals surface area (Å²) in [6.45, 7) is 13.8. The summed E-state index contributed by atoms with van der Waals surface area (Å²) in [5.74, 6) is 0.965. The molecule has 1 fully saturated rings. The van der Waals surface area contributed by atoms with E-state index in [1.807, 2.05) is 18.7 Å². The van der Waals surface area contributed by atoms with Crippen molar-refractivity contribution in [3.05, 3.63) is 0 Å². The lowest BCUT2D eigenvalue weighted by molar-refractivity contribution is -0.132. The van der Waals surface area contributed by atoms with Crippen molar-refractivity contribution < 1.29 is 19.1 Å². The summed E-state index contributed by atoms with van der Waals surface area (Å²) < 4.78 is 3.86. The Kier molecular flexibility index (Phi) is 29.5. The molecular weight excluding hydrogens is 294 g/mol. The minimum atomic E-state index is 0. The van der Waals surface area contributed by atoms with Crippen molar-refractivity contribution in [1.29, 1.82) is 0 Å². The third-order valence-corrected chi connectivity index (χ3v) is 2.45. The van der Waals surface area contributed by atoms with Gasteiger partial charge in [0, 0.05) is 25.4 Å². The van der Waals surface area contributed by atoms with Crippen LogP contribution in [0, 0.1) is 5.92 Å². The van der Waals surface area contributed by atoms with Gasteiger partial charge in [0.15, 0.2) is 0 Å². The zero-order valence-corrected chi connectivity index (χ0v) is 15.4. The second-order valence-corrected chi connectivity index (χ2v) is 5.35. The number of methoxy groups -OCH3 is 1. The van der Waals surface area contributed by atoms with Gasteiger partial charge >= 0.3 is 0 Å². The van der Waals surface area contributed by atoms with E-state index < -0.39 is 0 Å². The van der Waals surface area contributed by atoms with Crippen molar-refractivity contribution >= 4 is 18.7 Å². The van der Waals surface area contributed by atoms with Gasteiger partial charge in [-0.2, -0.15) is 0 Å². The number of rotatable bonds is 4. The van der Waals surface area contributed by atoms with Crippen LogP contribution in [-0.2, 0) is 19.1 Å². The lowest BCUT2D eigenvalue weighted by Gasteiger charge is -2.20. The van der Waals surface area contributed by atoms with Crippen molar-refractivity contribution in [2.75, 3.05) is 13.7 Å². The maximum absolute atomic E-state index is 11.4. The van der Waals surface area contributed by atoms with Gasteiger partial charge in [-0.15, -0.1) is 0 Å². The minimum absolute atomic E-state index is 0. The number of hydrogen-bond acceptors (Lipinski definition) is 4. The van der Waals surface area contributed by atoms with Crippen LogP contribution in [0.15, 0.2) is 0 Å². The molecule has 0 spiro atoms. The smallest absolute Gasteiger partial charge is 0.292 e. The molecule has 5 heteroatoms. The Balaban J connectivity index is -0.000000138. The van der Waals surface area contributed by atoms with E-state index in [1.165, 1.54) is 7.11 Å². The van der Waals surface area contributed by atoms with E-state index in [0.29, 0.717) is 25.4 Å². The van der Waals surface area contributed by atoms with E-state index in [-0.39, 0.29) is 13.3 Å². The number of hydrogen-bond donors (Lipinski definition) is 0. The quantitative estimate of drug-likeness (QED) is 0.727. The van der Waals surface area contributed by atoms with Crippen LogP contribution in [-0.4, -0.2) is 43.3 Å². The number of carbonyl (C=O) groups excluding carboxylic acids is 3. The molecule has 1 rings (SSSR count). The summed E-state index contributed by atoms with van der Waals surface area (Å²) >= 11 is 0. The summed E-state index contributed by atoms with van der Waals surface area (Å²) in [5.41, 5.74) is 0. The van der Waals surface area contributed by atoms with Gasteiger partial charge < -0.3 is 14.4 Å². The fraction of sp³-hybridized carbons (Fsp3) is 0.833. The Hall–Kier alpha value is -1.39. The van der Waals surface area contributed by atoms with Crippen molar-refractivity contribution in [2.24, 2.45) is 5.92 Å². The van der Waals surface area contributed by atoms with E-state index in [9.17, 15) is 9.59 Å². The number of likely N-dealkylation sites (tertiary alicyclic amines) is 1.